The van der Waals surface area contributed by atoms with Crippen LogP contribution in [0.1, 0.15) is 17.4 Å². The van der Waals surface area contributed by atoms with Crippen LogP contribution >= 0.6 is 11.6 Å². The van der Waals surface area contributed by atoms with Crippen LogP contribution in [-0.2, 0) is 16.1 Å². The first-order chi connectivity index (χ1) is 11.8. The van der Waals surface area contributed by atoms with Crippen LogP contribution in [0.4, 0.5) is 0 Å². The van der Waals surface area contributed by atoms with Gasteiger partial charge in [-0.2, -0.15) is 0 Å². The topological polar surface area (TPSA) is 27.7 Å². The molecule has 0 aliphatic carbocycles. The lowest BCUT2D eigenvalue weighted by atomic mass is 10.0. The summed E-state index contributed by atoms with van der Waals surface area (Å²) in [5.74, 6) is 0.764. The standard InChI is InChI=1S/C20H17ClO3/c21-17-8-4-7-16-15(17)9-10-18(19(16)20-22-11-12-23-20)24-13-14-5-2-1-3-6-14/h1-10,20H,11-13H2. The Morgan fingerprint density at radius 1 is 0.875 bits per heavy atom. The van der Waals surface area contributed by atoms with Gasteiger partial charge in [0.2, 0.25) is 0 Å². The molecule has 0 bridgehead atoms. The van der Waals surface area contributed by atoms with Gasteiger partial charge in [0, 0.05) is 10.4 Å². The normalized spacial score (nSPS) is 15.0. The molecule has 3 nitrogen and oxygen atoms in total. The second kappa shape index (κ2) is 6.81. The molecule has 1 fully saturated rings. The molecule has 4 heteroatoms. The van der Waals surface area contributed by atoms with Crippen molar-refractivity contribution in [1.29, 1.82) is 0 Å². The maximum absolute atomic E-state index is 6.34. The Morgan fingerprint density at radius 3 is 2.46 bits per heavy atom. The molecule has 4 rings (SSSR count). The summed E-state index contributed by atoms with van der Waals surface area (Å²) in [4.78, 5) is 0. The van der Waals surface area contributed by atoms with Gasteiger partial charge in [-0.15, -0.1) is 0 Å². The molecule has 0 atom stereocenters. The van der Waals surface area contributed by atoms with E-state index in [1.54, 1.807) is 0 Å². The van der Waals surface area contributed by atoms with Crippen molar-refractivity contribution in [3.8, 4) is 5.75 Å². The van der Waals surface area contributed by atoms with E-state index in [9.17, 15) is 0 Å². The molecule has 122 valence electrons. The van der Waals surface area contributed by atoms with Crippen molar-refractivity contribution in [2.45, 2.75) is 12.9 Å². The zero-order valence-corrected chi connectivity index (χ0v) is 13.8. The van der Waals surface area contributed by atoms with Gasteiger partial charge in [0.25, 0.3) is 0 Å². The minimum Gasteiger partial charge on any atom is -0.488 e. The molecule has 1 heterocycles. The number of hydrogen-bond donors (Lipinski definition) is 0. The Kier molecular flexibility index (Phi) is 4.39. The van der Waals surface area contributed by atoms with Crippen molar-refractivity contribution in [1.82, 2.24) is 0 Å². The molecule has 1 aliphatic heterocycles. The average Bonchev–Trinajstić information content (AvgIpc) is 3.15. The van der Waals surface area contributed by atoms with E-state index in [0.29, 0.717) is 24.8 Å². The third-order valence-electron chi connectivity index (χ3n) is 4.10. The van der Waals surface area contributed by atoms with Crippen LogP contribution in [0.5, 0.6) is 5.75 Å². The number of benzene rings is 3. The molecule has 0 saturated carbocycles. The first-order valence-electron chi connectivity index (χ1n) is 7.94. The number of ether oxygens (including phenoxy) is 3. The molecular weight excluding hydrogens is 324 g/mol. The zero-order valence-electron chi connectivity index (χ0n) is 13.1. The maximum Gasteiger partial charge on any atom is 0.188 e. The highest BCUT2D eigenvalue weighted by molar-refractivity contribution is 6.35. The van der Waals surface area contributed by atoms with E-state index in [1.165, 1.54) is 0 Å². The Balaban J connectivity index is 1.75. The van der Waals surface area contributed by atoms with Crippen LogP contribution in [-0.4, -0.2) is 13.2 Å². The predicted molar refractivity (Wildman–Crippen MR) is 94.4 cm³/mol. The molecule has 0 spiro atoms. The SMILES string of the molecule is Clc1cccc2c(C3OCCO3)c(OCc3ccccc3)ccc12. The van der Waals surface area contributed by atoms with Crippen molar-refractivity contribution in [3.05, 3.63) is 76.8 Å². The summed E-state index contributed by atoms with van der Waals surface area (Å²) in [6.45, 7) is 1.66. The molecule has 1 saturated heterocycles. The van der Waals surface area contributed by atoms with E-state index in [2.05, 4.69) is 0 Å². The van der Waals surface area contributed by atoms with Crippen molar-refractivity contribution in [2.24, 2.45) is 0 Å². The van der Waals surface area contributed by atoms with E-state index in [1.807, 2.05) is 60.7 Å². The predicted octanol–water partition coefficient (Wildman–Crippen LogP) is 5.12. The fraction of sp³-hybridized carbons (Fsp3) is 0.200. The fourth-order valence-electron chi connectivity index (χ4n) is 2.95. The van der Waals surface area contributed by atoms with Crippen LogP contribution in [0.2, 0.25) is 5.02 Å². The van der Waals surface area contributed by atoms with E-state index in [0.717, 1.165) is 27.6 Å². The fourth-order valence-corrected chi connectivity index (χ4v) is 3.19. The van der Waals surface area contributed by atoms with Crippen molar-refractivity contribution >= 4 is 22.4 Å². The van der Waals surface area contributed by atoms with Gasteiger partial charge in [-0.1, -0.05) is 54.1 Å². The van der Waals surface area contributed by atoms with E-state index >= 15 is 0 Å². The summed E-state index contributed by atoms with van der Waals surface area (Å²) in [6, 6.07) is 19.9. The number of halogens is 1. The third kappa shape index (κ3) is 2.98. The maximum atomic E-state index is 6.34. The molecule has 1 aliphatic rings. The van der Waals surface area contributed by atoms with Gasteiger partial charge < -0.3 is 14.2 Å². The second-order valence-corrected chi connectivity index (χ2v) is 6.07. The summed E-state index contributed by atoms with van der Waals surface area (Å²) in [7, 11) is 0. The number of fused-ring (bicyclic) bond motifs is 1. The van der Waals surface area contributed by atoms with Crippen molar-refractivity contribution < 1.29 is 14.2 Å². The molecule has 3 aromatic rings. The van der Waals surface area contributed by atoms with Gasteiger partial charge in [0.05, 0.1) is 18.8 Å². The highest BCUT2D eigenvalue weighted by atomic mass is 35.5. The molecule has 0 unspecified atom stereocenters. The quantitative estimate of drug-likeness (QED) is 0.660. The van der Waals surface area contributed by atoms with Gasteiger partial charge in [0.1, 0.15) is 12.4 Å². The van der Waals surface area contributed by atoms with Gasteiger partial charge >= 0.3 is 0 Å². The third-order valence-corrected chi connectivity index (χ3v) is 4.43. The van der Waals surface area contributed by atoms with E-state index in [4.69, 9.17) is 25.8 Å². The van der Waals surface area contributed by atoms with Gasteiger partial charge in [-0.25, -0.2) is 0 Å². The Bertz CT molecular complexity index is 842. The lowest BCUT2D eigenvalue weighted by Gasteiger charge is -2.18. The van der Waals surface area contributed by atoms with E-state index < -0.39 is 6.29 Å². The molecule has 0 radical (unpaired) electrons. The molecular formula is C20H17ClO3. The van der Waals surface area contributed by atoms with Crippen LogP contribution in [0, 0.1) is 0 Å². The highest BCUT2D eigenvalue weighted by Gasteiger charge is 2.25. The molecule has 3 aromatic carbocycles. The largest absolute Gasteiger partial charge is 0.488 e. The Hall–Kier alpha value is -2.07. The summed E-state index contributed by atoms with van der Waals surface area (Å²) < 4.78 is 17.5. The molecule has 0 aromatic heterocycles. The van der Waals surface area contributed by atoms with Crippen LogP contribution in [0.25, 0.3) is 10.8 Å². The Morgan fingerprint density at radius 2 is 1.67 bits per heavy atom. The van der Waals surface area contributed by atoms with E-state index in [-0.39, 0.29) is 0 Å². The van der Waals surface area contributed by atoms with Crippen LogP contribution in [0.15, 0.2) is 60.7 Å². The molecule has 0 N–H and O–H groups in total. The summed E-state index contributed by atoms with van der Waals surface area (Å²) in [5.41, 5.74) is 2.02. The minimum absolute atomic E-state index is 0.419. The Labute approximate surface area is 145 Å². The monoisotopic (exact) mass is 340 g/mol. The number of hydrogen-bond acceptors (Lipinski definition) is 3. The summed E-state index contributed by atoms with van der Waals surface area (Å²) in [5, 5.41) is 2.68. The minimum atomic E-state index is -0.419. The lowest BCUT2D eigenvalue weighted by Crippen LogP contribution is -2.05. The highest BCUT2D eigenvalue weighted by Crippen LogP contribution is 2.39. The van der Waals surface area contributed by atoms with Crippen molar-refractivity contribution in [3.63, 3.8) is 0 Å². The van der Waals surface area contributed by atoms with Gasteiger partial charge in [-0.3, -0.25) is 0 Å². The second-order valence-electron chi connectivity index (χ2n) is 5.66. The summed E-state index contributed by atoms with van der Waals surface area (Å²) >= 11 is 6.34. The lowest BCUT2D eigenvalue weighted by molar-refractivity contribution is -0.0447. The van der Waals surface area contributed by atoms with Gasteiger partial charge in [0.15, 0.2) is 6.29 Å². The molecule has 0 amide bonds. The first kappa shape index (κ1) is 15.5. The number of rotatable bonds is 4. The van der Waals surface area contributed by atoms with Gasteiger partial charge in [-0.05, 0) is 29.1 Å². The average molecular weight is 341 g/mol. The smallest absolute Gasteiger partial charge is 0.188 e. The van der Waals surface area contributed by atoms with Crippen molar-refractivity contribution in [2.75, 3.05) is 13.2 Å². The summed E-state index contributed by atoms with van der Waals surface area (Å²) in [6.07, 6.45) is -0.419. The molecule has 24 heavy (non-hydrogen) atoms. The zero-order chi connectivity index (χ0) is 16.4. The first-order valence-corrected chi connectivity index (χ1v) is 8.32. The van der Waals surface area contributed by atoms with Crippen LogP contribution in [0.3, 0.4) is 0 Å². The van der Waals surface area contributed by atoms with Crippen LogP contribution < -0.4 is 4.74 Å².